The first kappa shape index (κ1) is 44.8. The molecule has 0 fully saturated rings. The van der Waals surface area contributed by atoms with Gasteiger partial charge < -0.3 is 18.9 Å². The molecule has 0 spiro atoms. The van der Waals surface area contributed by atoms with E-state index in [9.17, 15) is 0 Å². The summed E-state index contributed by atoms with van der Waals surface area (Å²) in [6.07, 6.45) is 9.09. The fourth-order valence-corrected chi connectivity index (χ4v) is 13.3. The largest absolute Gasteiger partial charge is 0.310 e. The Bertz CT molecular complexity index is 4600. The summed E-state index contributed by atoms with van der Waals surface area (Å²) in [5.74, 6) is 0. The topological polar surface area (TPSA) is 16.3 Å². The van der Waals surface area contributed by atoms with Gasteiger partial charge in [-0.15, -0.1) is 11.3 Å². The Labute approximate surface area is 451 Å². The van der Waals surface area contributed by atoms with Crippen molar-refractivity contribution in [1.82, 2.24) is 9.13 Å². The molecule has 1 aliphatic rings. The number of anilines is 6. The lowest BCUT2D eigenvalue weighted by Gasteiger charge is -2.28. The Morgan fingerprint density at radius 2 is 0.922 bits per heavy atom. The summed E-state index contributed by atoms with van der Waals surface area (Å²) in [5.41, 5.74) is 18.4. The zero-order valence-electron chi connectivity index (χ0n) is 42.2. The fraction of sp³-hybridized carbons (Fsp3) is 0.0278. The second-order valence-corrected chi connectivity index (χ2v) is 21.0. The van der Waals surface area contributed by atoms with Crippen LogP contribution >= 0.6 is 11.3 Å². The average Bonchev–Trinajstić information content (AvgIpc) is 4.36. The maximum Gasteiger partial charge on any atom is 0.0562 e. The number of hydrogen-bond acceptors (Lipinski definition) is 3. The first-order valence-electron chi connectivity index (χ1n) is 26.6. The molecule has 3 heterocycles. The Hall–Kier alpha value is -9.68. The van der Waals surface area contributed by atoms with Gasteiger partial charge in [0, 0.05) is 87.1 Å². The van der Waals surface area contributed by atoms with E-state index < -0.39 is 0 Å². The molecule has 14 aromatic rings. The Morgan fingerprint density at radius 1 is 0.351 bits per heavy atom. The second-order valence-electron chi connectivity index (χ2n) is 20.0. The van der Waals surface area contributed by atoms with Gasteiger partial charge in [-0.05, 0) is 145 Å². The summed E-state index contributed by atoms with van der Waals surface area (Å²) in [4.78, 5) is 4.81. The van der Waals surface area contributed by atoms with Gasteiger partial charge in [0.25, 0.3) is 0 Å². The summed E-state index contributed by atoms with van der Waals surface area (Å²) in [5, 5.41) is 7.58. The molecule has 0 radical (unpaired) electrons. The molecule has 3 aromatic heterocycles. The highest BCUT2D eigenvalue weighted by atomic mass is 32.1. The number of para-hydroxylation sites is 5. The maximum atomic E-state index is 2.48. The third-order valence-corrected chi connectivity index (χ3v) is 16.7. The minimum absolute atomic E-state index is 1.08. The Kier molecular flexibility index (Phi) is 10.8. The van der Waals surface area contributed by atoms with Gasteiger partial charge in [-0.3, -0.25) is 0 Å². The van der Waals surface area contributed by atoms with Crippen LogP contribution in [0.3, 0.4) is 0 Å². The van der Waals surface area contributed by atoms with Gasteiger partial charge >= 0.3 is 0 Å². The van der Waals surface area contributed by atoms with Crippen LogP contribution in [0.4, 0.5) is 34.1 Å². The summed E-state index contributed by atoms with van der Waals surface area (Å²) < 4.78 is 7.49. The van der Waals surface area contributed by atoms with E-state index in [2.05, 4.69) is 298 Å². The van der Waals surface area contributed by atoms with Crippen molar-refractivity contribution in [2.45, 2.75) is 12.8 Å². The van der Waals surface area contributed by atoms with Crippen molar-refractivity contribution >= 4 is 115 Å². The van der Waals surface area contributed by atoms with Crippen molar-refractivity contribution < 1.29 is 0 Å². The molecule has 0 aliphatic heterocycles. The van der Waals surface area contributed by atoms with E-state index in [1.54, 1.807) is 0 Å². The molecule has 4 nitrogen and oxygen atoms in total. The number of aromatic nitrogens is 2. The summed E-state index contributed by atoms with van der Waals surface area (Å²) in [6, 6.07) is 95.6. The summed E-state index contributed by atoms with van der Waals surface area (Å²) in [6.45, 7) is 0. The monoisotopic (exact) mass is 1000 g/mol. The zero-order chi connectivity index (χ0) is 50.8. The van der Waals surface area contributed by atoms with Crippen LogP contribution in [-0.4, -0.2) is 9.13 Å². The molecule has 5 heteroatoms. The standard InChI is InChI=1S/C72H50N4S/c1-5-19-49(20-6-1)50-33-37-56(38-34-50)76-68-46-44-62-61-29-15-18-32-70(61)77-72(62)71(68)63-43-41-58(48-69(63)76)74(53-23-9-3-10-24-53)65-30-16-13-27-59(65)51-35-39-55(40-36-51)73(52-21-7-2-8-22-52)57-42-45-67-64(47-57)60-28-14-17-31-66(60)75(67)54-25-11-4-12-26-54/h2-5,7-48H,1,6H2. The summed E-state index contributed by atoms with van der Waals surface area (Å²) >= 11 is 1.90. The minimum Gasteiger partial charge on any atom is -0.310 e. The van der Waals surface area contributed by atoms with Crippen molar-refractivity contribution in [3.8, 4) is 22.5 Å². The number of hydrogen-bond donors (Lipinski definition) is 0. The highest BCUT2D eigenvalue weighted by Gasteiger charge is 2.23. The molecule has 0 saturated heterocycles. The zero-order valence-corrected chi connectivity index (χ0v) is 43.0. The van der Waals surface area contributed by atoms with E-state index in [1.807, 2.05) is 11.3 Å². The molecular weight excluding hydrogens is 953 g/mol. The lowest BCUT2D eigenvalue weighted by Crippen LogP contribution is -2.11. The molecule has 77 heavy (non-hydrogen) atoms. The van der Waals surface area contributed by atoms with Crippen LogP contribution in [0.15, 0.2) is 279 Å². The van der Waals surface area contributed by atoms with E-state index in [0.717, 1.165) is 69.5 Å². The van der Waals surface area contributed by atoms with Crippen LogP contribution in [0.2, 0.25) is 0 Å². The highest BCUT2D eigenvalue weighted by molar-refractivity contribution is 7.26. The van der Waals surface area contributed by atoms with Crippen molar-refractivity contribution in [2.24, 2.45) is 0 Å². The predicted molar refractivity (Wildman–Crippen MR) is 329 cm³/mol. The van der Waals surface area contributed by atoms with Crippen LogP contribution < -0.4 is 9.80 Å². The minimum atomic E-state index is 1.08. The maximum absolute atomic E-state index is 2.48. The molecule has 15 rings (SSSR count). The molecule has 1 aliphatic carbocycles. The van der Waals surface area contributed by atoms with Crippen LogP contribution in [0.1, 0.15) is 18.4 Å². The van der Waals surface area contributed by atoms with Gasteiger partial charge in [0.05, 0.1) is 27.8 Å². The molecule has 11 aromatic carbocycles. The quantitative estimate of drug-likeness (QED) is 0.136. The van der Waals surface area contributed by atoms with E-state index in [4.69, 9.17) is 0 Å². The number of benzene rings is 11. The normalized spacial score (nSPS) is 12.6. The third kappa shape index (κ3) is 7.57. The highest BCUT2D eigenvalue weighted by Crippen LogP contribution is 2.48. The van der Waals surface area contributed by atoms with Gasteiger partial charge in [0.1, 0.15) is 0 Å². The van der Waals surface area contributed by atoms with Gasteiger partial charge in [-0.2, -0.15) is 0 Å². The van der Waals surface area contributed by atoms with Gasteiger partial charge in [0.2, 0.25) is 0 Å². The van der Waals surface area contributed by atoms with Crippen LogP contribution in [0.5, 0.6) is 0 Å². The molecule has 0 atom stereocenters. The van der Waals surface area contributed by atoms with E-state index in [-0.39, 0.29) is 0 Å². The second kappa shape index (κ2) is 18.6. The molecule has 0 saturated carbocycles. The average molecular weight is 1000 g/mol. The molecule has 364 valence electrons. The lowest BCUT2D eigenvalue weighted by atomic mass is 9.99. The molecule has 0 unspecified atom stereocenters. The van der Waals surface area contributed by atoms with E-state index in [1.165, 1.54) is 74.9 Å². The molecule has 0 bridgehead atoms. The van der Waals surface area contributed by atoms with Gasteiger partial charge in [0.15, 0.2) is 0 Å². The number of fused-ring (bicyclic) bond motifs is 10. The van der Waals surface area contributed by atoms with Crippen molar-refractivity contribution in [2.75, 3.05) is 9.80 Å². The van der Waals surface area contributed by atoms with Crippen LogP contribution in [-0.2, 0) is 0 Å². The molecular formula is C72H50N4S. The SMILES string of the molecule is C1=CC(c2ccc(-n3c4cc(N(c5ccccc5)c5ccccc5-c5ccc(N(c6ccccc6)c6ccc7c(c6)c6ccccc6n7-c6ccccc6)cc5)ccc4c4c5sc6ccccc6c5ccc43)cc2)=CCC1. The molecule has 0 amide bonds. The van der Waals surface area contributed by atoms with Crippen molar-refractivity contribution in [3.63, 3.8) is 0 Å². The van der Waals surface area contributed by atoms with Crippen LogP contribution in [0, 0.1) is 0 Å². The lowest BCUT2D eigenvalue weighted by molar-refractivity contribution is 1.04. The van der Waals surface area contributed by atoms with Gasteiger partial charge in [-0.1, -0.05) is 164 Å². The number of nitrogens with zero attached hydrogens (tertiary/aromatic N) is 4. The van der Waals surface area contributed by atoms with E-state index in [0.29, 0.717) is 0 Å². The Morgan fingerprint density at radius 3 is 1.70 bits per heavy atom. The third-order valence-electron chi connectivity index (χ3n) is 15.5. The fourth-order valence-electron chi connectivity index (χ4n) is 12.0. The predicted octanol–water partition coefficient (Wildman–Crippen LogP) is 20.6. The van der Waals surface area contributed by atoms with Gasteiger partial charge in [-0.25, -0.2) is 0 Å². The summed E-state index contributed by atoms with van der Waals surface area (Å²) in [7, 11) is 0. The number of thiophene rings is 1. The van der Waals surface area contributed by atoms with Crippen LogP contribution in [0.25, 0.3) is 91.9 Å². The smallest absolute Gasteiger partial charge is 0.0562 e. The van der Waals surface area contributed by atoms with E-state index >= 15 is 0 Å². The Balaban J connectivity index is 0.867. The number of rotatable bonds is 10. The first-order chi connectivity index (χ1) is 38.2. The molecule has 0 N–H and O–H groups in total. The van der Waals surface area contributed by atoms with Crippen molar-refractivity contribution in [3.05, 3.63) is 285 Å². The number of allylic oxidation sites excluding steroid dienone is 4. The van der Waals surface area contributed by atoms with Crippen molar-refractivity contribution in [1.29, 1.82) is 0 Å². The first-order valence-corrected chi connectivity index (χ1v) is 27.4.